The van der Waals surface area contributed by atoms with Crippen molar-refractivity contribution in [2.75, 3.05) is 38.4 Å². The normalized spacial score (nSPS) is 19.6. The number of nitrogens with zero attached hydrogens (tertiary/aromatic N) is 4. The Morgan fingerprint density at radius 3 is 2.79 bits per heavy atom. The van der Waals surface area contributed by atoms with Crippen molar-refractivity contribution < 1.29 is 28.9 Å². The second-order valence-corrected chi connectivity index (χ2v) is 10.8. The topological polar surface area (TPSA) is 132 Å². The summed E-state index contributed by atoms with van der Waals surface area (Å²) in [4.78, 5) is 30.7. The number of benzene rings is 2. The van der Waals surface area contributed by atoms with Crippen LogP contribution >= 0.6 is 0 Å². The average molecular weight is 578 g/mol. The van der Waals surface area contributed by atoms with E-state index in [2.05, 4.69) is 12.0 Å². The third-order valence-corrected chi connectivity index (χ3v) is 8.19. The standard InChI is InChI=1S/C31H39N5O6/c1-3-4-12-36(23-8-5-7-21(14-23)17-32)28(37)19-34-18-24(22-15-26(40-2)30-27(16-22)41-20-42-30)29(31(38)39)25(34)9-13-35-11-6-10-33-35/h5-8,10-11,14-16,24-25,29H,3-4,9,12-13,17-20,32H2,1-2H3,(H,38,39)/t24-,25+,29?/m1/s1. The number of anilines is 1. The summed E-state index contributed by atoms with van der Waals surface area (Å²) in [6, 6.07) is 12.8. The molecule has 1 unspecified atom stereocenters. The summed E-state index contributed by atoms with van der Waals surface area (Å²) in [5, 5.41) is 14.9. The van der Waals surface area contributed by atoms with Crippen LogP contribution in [-0.4, -0.2) is 71.2 Å². The minimum atomic E-state index is -0.907. The quantitative estimate of drug-likeness (QED) is 0.313. The number of amides is 1. The predicted octanol–water partition coefficient (Wildman–Crippen LogP) is 3.47. The van der Waals surface area contributed by atoms with E-state index in [1.165, 1.54) is 0 Å². The molecule has 2 aliphatic heterocycles. The predicted molar refractivity (Wildman–Crippen MR) is 157 cm³/mol. The first-order valence-electron chi connectivity index (χ1n) is 14.4. The van der Waals surface area contributed by atoms with Gasteiger partial charge in [-0.05, 0) is 54.3 Å². The Balaban J connectivity index is 1.47. The summed E-state index contributed by atoms with van der Waals surface area (Å²) in [5.74, 6) is -0.599. The number of fused-ring (bicyclic) bond motifs is 1. The fourth-order valence-corrected chi connectivity index (χ4v) is 6.08. The van der Waals surface area contributed by atoms with Gasteiger partial charge in [-0.3, -0.25) is 19.2 Å². The number of carboxylic acid groups (broad SMARTS) is 1. The number of aryl methyl sites for hydroxylation is 1. The van der Waals surface area contributed by atoms with Gasteiger partial charge in [0.05, 0.1) is 19.6 Å². The van der Waals surface area contributed by atoms with Crippen LogP contribution in [0.4, 0.5) is 5.69 Å². The van der Waals surface area contributed by atoms with Crippen LogP contribution in [0.3, 0.4) is 0 Å². The number of unbranched alkanes of at least 4 members (excludes halogenated alkanes) is 1. The Morgan fingerprint density at radius 1 is 1.21 bits per heavy atom. The number of aliphatic carboxylic acids is 1. The van der Waals surface area contributed by atoms with E-state index in [-0.39, 0.29) is 19.2 Å². The lowest BCUT2D eigenvalue weighted by Crippen LogP contribution is -2.45. The van der Waals surface area contributed by atoms with Gasteiger partial charge in [0, 0.05) is 56.2 Å². The van der Waals surface area contributed by atoms with Crippen molar-refractivity contribution in [1.82, 2.24) is 14.7 Å². The molecule has 0 spiro atoms. The largest absolute Gasteiger partial charge is 0.493 e. The molecule has 1 fully saturated rings. The highest BCUT2D eigenvalue weighted by Gasteiger charge is 2.47. The minimum Gasteiger partial charge on any atom is -0.493 e. The average Bonchev–Trinajstić information content (AvgIpc) is 3.76. The van der Waals surface area contributed by atoms with Crippen molar-refractivity contribution in [3.8, 4) is 17.2 Å². The Kier molecular flexibility index (Phi) is 9.28. The number of carboxylic acids is 1. The maximum Gasteiger partial charge on any atom is 0.308 e. The molecule has 3 atom stereocenters. The van der Waals surface area contributed by atoms with Gasteiger partial charge in [-0.1, -0.05) is 25.5 Å². The fraction of sp³-hybridized carbons (Fsp3) is 0.452. The molecule has 3 heterocycles. The SMILES string of the molecule is CCCCN(C(=O)CN1C[C@H](c2cc(OC)c3c(c2)OCO3)C(C(=O)O)[C@@H]1CCn1cccn1)c1cccc(CN)c1. The summed E-state index contributed by atoms with van der Waals surface area (Å²) in [6.45, 7) is 4.12. The zero-order chi connectivity index (χ0) is 29.6. The molecule has 2 aromatic carbocycles. The number of nitrogens with two attached hydrogens (primary N) is 1. The number of methoxy groups -OCH3 is 1. The zero-order valence-corrected chi connectivity index (χ0v) is 24.1. The summed E-state index contributed by atoms with van der Waals surface area (Å²) in [5.41, 5.74) is 8.41. The highest BCUT2D eigenvalue weighted by Crippen LogP contribution is 2.47. The Hall–Kier alpha value is -4.09. The van der Waals surface area contributed by atoms with E-state index in [0.717, 1.165) is 29.7 Å². The van der Waals surface area contributed by atoms with Gasteiger partial charge < -0.3 is 30.0 Å². The van der Waals surface area contributed by atoms with Crippen LogP contribution < -0.4 is 24.8 Å². The van der Waals surface area contributed by atoms with Crippen molar-refractivity contribution >= 4 is 17.6 Å². The molecule has 11 heteroatoms. The van der Waals surface area contributed by atoms with Crippen molar-refractivity contribution in [3.05, 3.63) is 66.0 Å². The van der Waals surface area contributed by atoms with Gasteiger partial charge in [0.25, 0.3) is 0 Å². The molecule has 3 N–H and O–H groups in total. The van der Waals surface area contributed by atoms with Crippen LogP contribution in [0, 0.1) is 5.92 Å². The molecule has 0 saturated carbocycles. The number of likely N-dealkylation sites (tertiary alicyclic amines) is 1. The third kappa shape index (κ3) is 6.22. The zero-order valence-electron chi connectivity index (χ0n) is 24.1. The summed E-state index contributed by atoms with van der Waals surface area (Å²) >= 11 is 0. The molecule has 0 radical (unpaired) electrons. The monoisotopic (exact) mass is 577 g/mol. The van der Waals surface area contributed by atoms with Crippen molar-refractivity contribution in [2.45, 2.75) is 51.2 Å². The third-order valence-electron chi connectivity index (χ3n) is 8.19. The Morgan fingerprint density at radius 2 is 2.07 bits per heavy atom. The van der Waals surface area contributed by atoms with Gasteiger partial charge in [-0.2, -0.15) is 5.10 Å². The van der Waals surface area contributed by atoms with E-state index in [9.17, 15) is 14.7 Å². The molecular weight excluding hydrogens is 538 g/mol. The second kappa shape index (κ2) is 13.3. The molecule has 11 nitrogen and oxygen atoms in total. The molecule has 224 valence electrons. The highest BCUT2D eigenvalue weighted by atomic mass is 16.7. The van der Waals surface area contributed by atoms with E-state index >= 15 is 0 Å². The molecule has 0 aliphatic carbocycles. The van der Waals surface area contributed by atoms with Gasteiger partial charge in [-0.25, -0.2) is 0 Å². The van der Waals surface area contributed by atoms with E-state index in [1.807, 2.05) is 53.6 Å². The van der Waals surface area contributed by atoms with Gasteiger partial charge in [-0.15, -0.1) is 0 Å². The second-order valence-electron chi connectivity index (χ2n) is 10.8. The number of hydrogen-bond donors (Lipinski definition) is 2. The molecule has 42 heavy (non-hydrogen) atoms. The number of hydrogen-bond acceptors (Lipinski definition) is 8. The number of carbonyl (C=O) groups is 2. The number of aromatic nitrogens is 2. The van der Waals surface area contributed by atoms with Crippen LogP contribution in [0.15, 0.2) is 54.9 Å². The molecule has 5 rings (SSSR count). The number of carbonyl (C=O) groups excluding carboxylic acids is 1. The minimum absolute atomic E-state index is 0.0743. The first-order valence-corrected chi connectivity index (χ1v) is 14.4. The maximum atomic E-state index is 14.0. The van der Waals surface area contributed by atoms with Crippen LogP contribution in [-0.2, 0) is 22.7 Å². The molecule has 1 aromatic heterocycles. The van der Waals surface area contributed by atoms with E-state index in [0.29, 0.717) is 49.8 Å². The summed E-state index contributed by atoms with van der Waals surface area (Å²) < 4.78 is 18.6. The van der Waals surface area contributed by atoms with Gasteiger partial charge >= 0.3 is 5.97 Å². The van der Waals surface area contributed by atoms with Gasteiger partial charge in [0.15, 0.2) is 11.5 Å². The first-order chi connectivity index (χ1) is 20.4. The van der Waals surface area contributed by atoms with Crippen molar-refractivity contribution in [1.29, 1.82) is 0 Å². The maximum absolute atomic E-state index is 14.0. The van der Waals surface area contributed by atoms with Crippen LogP contribution in [0.2, 0.25) is 0 Å². The first kappa shape index (κ1) is 29.4. The van der Waals surface area contributed by atoms with Crippen molar-refractivity contribution in [2.24, 2.45) is 11.7 Å². The van der Waals surface area contributed by atoms with E-state index < -0.39 is 23.8 Å². The molecule has 3 aromatic rings. The summed E-state index contributed by atoms with van der Waals surface area (Å²) in [6.07, 6.45) is 5.86. The molecular formula is C31H39N5O6. The Labute approximate surface area is 245 Å². The lowest BCUT2D eigenvalue weighted by molar-refractivity contribution is -0.143. The van der Waals surface area contributed by atoms with E-state index in [4.69, 9.17) is 19.9 Å². The highest BCUT2D eigenvalue weighted by molar-refractivity contribution is 5.95. The molecule has 1 saturated heterocycles. The number of ether oxygens (including phenoxy) is 3. The number of rotatable bonds is 13. The van der Waals surface area contributed by atoms with E-state index in [1.54, 1.807) is 22.9 Å². The van der Waals surface area contributed by atoms with Gasteiger partial charge in [0.1, 0.15) is 0 Å². The van der Waals surface area contributed by atoms with Crippen LogP contribution in [0.25, 0.3) is 0 Å². The van der Waals surface area contributed by atoms with Crippen LogP contribution in [0.5, 0.6) is 17.2 Å². The van der Waals surface area contributed by atoms with Crippen LogP contribution in [0.1, 0.15) is 43.2 Å². The Bertz CT molecular complexity index is 1380. The lowest BCUT2D eigenvalue weighted by atomic mass is 9.84. The van der Waals surface area contributed by atoms with Gasteiger partial charge in [0.2, 0.25) is 18.4 Å². The molecule has 2 aliphatic rings. The van der Waals surface area contributed by atoms with Crippen molar-refractivity contribution in [3.63, 3.8) is 0 Å². The summed E-state index contributed by atoms with van der Waals surface area (Å²) in [7, 11) is 1.55. The lowest BCUT2D eigenvalue weighted by Gasteiger charge is -2.30. The molecule has 0 bridgehead atoms. The molecule has 1 amide bonds. The fourth-order valence-electron chi connectivity index (χ4n) is 6.08. The smallest absolute Gasteiger partial charge is 0.308 e.